The molecule has 0 aliphatic rings. The Morgan fingerprint density at radius 1 is 1.62 bits per heavy atom. The minimum atomic E-state index is -0.319. The molecule has 1 aromatic rings. The van der Waals surface area contributed by atoms with Gasteiger partial charge in [0.05, 0.1) is 10.8 Å². The molecule has 1 rings (SSSR count). The van der Waals surface area contributed by atoms with E-state index in [1.54, 1.807) is 13.0 Å². The van der Waals surface area contributed by atoms with Crippen molar-refractivity contribution in [2.75, 3.05) is 5.75 Å². The molecule has 0 radical (unpaired) electrons. The normalized spacial score (nSPS) is 10.1. The van der Waals surface area contributed by atoms with Gasteiger partial charge < -0.3 is 4.79 Å². The molecule has 0 unspecified atom stereocenters. The van der Waals surface area contributed by atoms with Crippen LogP contribution in [-0.2, 0) is 4.79 Å². The van der Waals surface area contributed by atoms with Crippen molar-refractivity contribution in [2.45, 2.75) is 11.8 Å². The van der Waals surface area contributed by atoms with Gasteiger partial charge in [-0.2, -0.15) is 0 Å². The summed E-state index contributed by atoms with van der Waals surface area (Å²) < 4.78 is 12.9. The minimum absolute atomic E-state index is 0.319. The van der Waals surface area contributed by atoms with E-state index < -0.39 is 0 Å². The quantitative estimate of drug-likeness (QED) is 0.573. The van der Waals surface area contributed by atoms with Gasteiger partial charge in [0.2, 0.25) is 0 Å². The smallest absolute Gasteiger partial charge is 0.130 e. The molecule has 0 heterocycles. The first-order valence-corrected chi connectivity index (χ1v) is 5.03. The number of hydrogen-bond donors (Lipinski definition) is 0. The highest BCUT2D eigenvalue weighted by atomic mass is 35.5. The molecular weight excluding hydrogens is 211 g/mol. The highest BCUT2D eigenvalue weighted by Gasteiger charge is 2.05. The van der Waals surface area contributed by atoms with Gasteiger partial charge in [-0.3, -0.25) is 0 Å². The maximum absolute atomic E-state index is 12.9. The maximum Gasteiger partial charge on any atom is 0.130 e. The lowest BCUT2D eigenvalue weighted by Crippen LogP contribution is -1.86. The van der Waals surface area contributed by atoms with Crippen molar-refractivity contribution < 1.29 is 9.18 Å². The van der Waals surface area contributed by atoms with Crippen molar-refractivity contribution >= 4 is 29.6 Å². The van der Waals surface area contributed by atoms with Crippen LogP contribution in [0.5, 0.6) is 0 Å². The second-order valence-electron chi connectivity index (χ2n) is 2.51. The number of benzene rings is 1. The zero-order valence-corrected chi connectivity index (χ0v) is 8.58. The summed E-state index contributed by atoms with van der Waals surface area (Å²) in [5.41, 5.74) is 0.540. The van der Waals surface area contributed by atoms with E-state index in [2.05, 4.69) is 0 Å². The van der Waals surface area contributed by atoms with E-state index in [9.17, 15) is 9.18 Å². The molecule has 0 saturated carbocycles. The third-order valence-electron chi connectivity index (χ3n) is 1.52. The molecule has 0 N–H and O–H groups in total. The average Bonchev–Trinajstić information content (AvgIpc) is 2.09. The van der Waals surface area contributed by atoms with Crippen LogP contribution in [0.25, 0.3) is 0 Å². The lowest BCUT2D eigenvalue weighted by atomic mass is 10.2. The van der Waals surface area contributed by atoms with Gasteiger partial charge in [0.15, 0.2) is 0 Å². The summed E-state index contributed by atoms with van der Waals surface area (Å²) in [6, 6.07) is 2.91. The molecule has 70 valence electrons. The van der Waals surface area contributed by atoms with Crippen LogP contribution in [0.1, 0.15) is 5.56 Å². The van der Waals surface area contributed by atoms with Crippen LogP contribution in [0.2, 0.25) is 5.02 Å². The highest BCUT2D eigenvalue weighted by Crippen LogP contribution is 2.28. The molecule has 0 amide bonds. The van der Waals surface area contributed by atoms with Crippen molar-refractivity contribution in [3.05, 3.63) is 28.5 Å². The Morgan fingerprint density at radius 2 is 2.31 bits per heavy atom. The Hall–Kier alpha value is -0.540. The fraction of sp³-hybridized carbons (Fsp3) is 0.222. The zero-order chi connectivity index (χ0) is 9.84. The van der Waals surface area contributed by atoms with E-state index in [0.717, 1.165) is 11.2 Å². The number of hydrogen-bond acceptors (Lipinski definition) is 2. The molecule has 0 atom stereocenters. The van der Waals surface area contributed by atoms with Crippen LogP contribution in [0.4, 0.5) is 4.39 Å². The largest absolute Gasteiger partial charge is 0.302 e. The highest BCUT2D eigenvalue weighted by molar-refractivity contribution is 8.00. The third-order valence-corrected chi connectivity index (χ3v) is 2.90. The van der Waals surface area contributed by atoms with Crippen LogP contribution < -0.4 is 0 Å². The Morgan fingerprint density at radius 3 is 2.92 bits per heavy atom. The van der Waals surface area contributed by atoms with Crippen LogP contribution in [0.3, 0.4) is 0 Å². The fourth-order valence-electron chi connectivity index (χ4n) is 0.865. The first-order valence-electron chi connectivity index (χ1n) is 3.67. The van der Waals surface area contributed by atoms with Gasteiger partial charge in [0, 0.05) is 4.90 Å². The minimum Gasteiger partial charge on any atom is -0.302 e. The topological polar surface area (TPSA) is 17.1 Å². The number of carbonyl (C=O) groups is 1. The second-order valence-corrected chi connectivity index (χ2v) is 3.98. The molecule has 4 heteroatoms. The molecule has 0 aliphatic heterocycles. The van der Waals surface area contributed by atoms with Crippen LogP contribution in [0, 0.1) is 12.7 Å². The lowest BCUT2D eigenvalue weighted by molar-refractivity contribution is -0.105. The average molecular weight is 219 g/mol. The molecule has 1 nitrogen and oxygen atoms in total. The van der Waals surface area contributed by atoms with Crippen LogP contribution >= 0.6 is 23.4 Å². The predicted octanol–water partition coefficient (Wildman–Crippen LogP) is 3.08. The Balaban J connectivity index is 2.94. The maximum atomic E-state index is 12.9. The zero-order valence-electron chi connectivity index (χ0n) is 7.01. The van der Waals surface area contributed by atoms with E-state index in [1.807, 2.05) is 0 Å². The number of halogens is 2. The standard InChI is InChI=1S/C9H8ClFOS/c1-6-4-9(13-3-2-12)7(10)5-8(6)11/h2,4-5H,3H2,1H3. The second kappa shape index (κ2) is 4.63. The molecule has 0 spiro atoms. The van der Waals surface area contributed by atoms with Gasteiger partial charge in [-0.25, -0.2) is 4.39 Å². The van der Waals surface area contributed by atoms with Crippen LogP contribution in [-0.4, -0.2) is 12.0 Å². The Labute approximate surface area is 85.3 Å². The number of thioether (sulfide) groups is 1. The molecule has 0 aliphatic carbocycles. The summed E-state index contributed by atoms with van der Waals surface area (Å²) in [6.07, 6.45) is 0.791. The van der Waals surface area contributed by atoms with Crippen molar-refractivity contribution in [3.8, 4) is 0 Å². The van der Waals surface area contributed by atoms with Gasteiger partial charge in [0.1, 0.15) is 12.1 Å². The fourth-order valence-corrected chi connectivity index (χ4v) is 1.88. The summed E-state index contributed by atoms with van der Waals surface area (Å²) in [4.78, 5) is 10.8. The summed E-state index contributed by atoms with van der Waals surface area (Å²) in [7, 11) is 0. The van der Waals surface area contributed by atoms with Gasteiger partial charge in [-0.05, 0) is 24.6 Å². The number of carbonyl (C=O) groups excluding carboxylic acids is 1. The predicted molar refractivity (Wildman–Crippen MR) is 52.9 cm³/mol. The first kappa shape index (κ1) is 10.5. The lowest BCUT2D eigenvalue weighted by Gasteiger charge is -2.03. The molecular formula is C9H8ClFOS. The van der Waals surface area contributed by atoms with E-state index in [-0.39, 0.29) is 5.82 Å². The van der Waals surface area contributed by atoms with Crippen molar-refractivity contribution in [2.24, 2.45) is 0 Å². The Bertz CT molecular complexity index is 328. The Kier molecular flexibility index (Phi) is 3.75. The first-order chi connectivity index (χ1) is 6.15. The van der Waals surface area contributed by atoms with E-state index in [0.29, 0.717) is 16.3 Å². The summed E-state index contributed by atoms with van der Waals surface area (Å²) in [5.74, 6) is 0.0191. The number of rotatable bonds is 3. The molecule has 13 heavy (non-hydrogen) atoms. The number of aryl methyl sites for hydroxylation is 1. The summed E-state index contributed by atoms with van der Waals surface area (Å²) in [5, 5.41) is 0.356. The van der Waals surface area contributed by atoms with Gasteiger partial charge in [-0.15, -0.1) is 11.8 Å². The molecule has 0 bridgehead atoms. The van der Waals surface area contributed by atoms with Crippen molar-refractivity contribution in [1.29, 1.82) is 0 Å². The van der Waals surface area contributed by atoms with Gasteiger partial charge >= 0.3 is 0 Å². The van der Waals surface area contributed by atoms with E-state index in [1.165, 1.54) is 17.8 Å². The molecule has 0 aromatic heterocycles. The van der Waals surface area contributed by atoms with Crippen LogP contribution in [0.15, 0.2) is 17.0 Å². The molecule has 0 saturated heterocycles. The van der Waals surface area contributed by atoms with Gasteiger partial charge in [-0.1, -0.05) is 11.6 Å². The van der Waals surface area contributed by atoms with Crippen molar-refractivity contribution in [1.82, 2.24) is 0 Å². The summed E-state index contributed by atoms with van der Waals surface area (Å²) >= 11 is 7.06. The third kappa shape index (κ3) is 2.71. The SMILES string of the molecule is Cc1cc(SCC=O)c(Cl)cc1F. The van der Waals surface area contributed by atoms with Gasteiger partial charge in [0.25, 0.3) is 0 Å². The van der Waals surface area contributed by atoms with E-state index >= 15 is 0 Å². The van der Waals surface area contributed by atoms with E-state index in [4.69, 9.17) is 11.6 Å². The van der Waals surface area contributed by atoms with Crippen molar-refractivity contribution in [3.63, 3.8) is 0 Å². The molecule has 1 aromatic carbocycles. The summed E-state index contributed by atoms with van der Waals surface area (Å²) in [6.45, 7) is 1.66. The number of aldehydes is 1. The molecule has 0 fully saturated rings. The monoisotopic (exact) mass is 218 g/mol.